The second-order valence-corrected chi connectivity index (χ2v) is 6.36. The van der Waals surface area contributed by atoms with Gasteiger partial charge in [-0.25, -0.2) is 9.97 Å². The van der Waals surface area contributed by atoms with E-state index in [9.17, 15) is 10.1 Å². The number of hydrogen-bond acceptors (Lipinski definition) is 6. The molecule has 0 radical (unpaired) electrons. The number of non-ortho nitro benzene ring substituents is 1. The molecule has 1 saturated heterocycles. The van der Waals surface area contributed by atoms with Gasteiger partial charge in [-0.15, -0.1) is 0 Å². The van der Waals surface area contributed by atoms with Crippen LogP contribution in [0.3, 0.4) is 0 Å². The third kappa shape index (κ3) is 3.01. The Morgan fingerprint density at radius 2 is 2.15 bits per heavy atom. The van der Waals surface area contributed by atoms with Crippen LogP contribution in [0.4, 0.5) is 11.5 Å². The number of rotatable bonds is 4. The molecule has 8 heteroatoms. The molecule has 3 aromatic rings. The molecule has 1 unspecified atom stereocenters. The molecule has 1 aliphatic rings. The zero-order valence-electron chi connectivity index (χ0n) is 14.3. The van der Waals surface area contributed by atoms with Crippen LogP contribution in [0.5, 0.6) is 0 Å². The molecule has 0 bridgehead atoms. The molecule has 1 atom stereocenters. The van der Waals surface area contributed by atoms with Crippen LogP contribution in [0.25, 0.3) is 11.4 Å². The summed E-state index contributed by atoms with van der Waals surface area (Å²) in [5.74, 6) is 1.33. The van der Waals surface area contributed by atoms with Gasteiger partial charge < -0.3 is 4.90 Å². The van der Waals surface area contributed by atoms with Gasteiger partial charge in [-0.3, -0.25) is 15.2 Å². The molecule has 3 heterocycles. The number of nitrogens with zero attached hydrogens (tertiary/aromatic N) is 5. The van der Waals surface area contributed by atoms with Crippen LogP contribution in [0, 0.1) is 17.0 Å². The number of aromatic amines is 1. The molecule has 0 saturated carbocycles. The maximum atomic E-state index is 11.0. The minimum atomic E-state index is -0.408. The number of H-pyrrole nitrogens is 1. The molecule has 26 heavy (non-hydrogen) atoms. The molecule has 0 aliphatic carbocycles. The number of anilines is 1. The van der Waals surface area contributed by atoms with Crippen LogP contribution in [-0.2, 0) is 0 Å². The van der Waals surface area contributed by atoms with Crippen molar-refractivity contribution in [2.75, 3.05) is 11.4 Å². The molecule has 0 amide bonds. The van der Waals surface area contributed by atoms with Gasteiger partial charge in [0.2, 0.25) is 0 Å². The highest BCUT2D eigenvalue weighted by Gasteiger charge is 2.28. The number of aryl methyl sites for hydroxylation is 1. The van der Waals surface area contributed by atoms with Gasteiger partial charge in [-0.05, 0) is 25.8 Å². The van der Waals surface area contributed by atoms with Crippen molar-refractivity contribution in [2.24, 2.45) is 0 Å². The first-order valence-corrected chi connectivity index (χ1v) is 8.48. The summed E-state index contributed by atoms with van der Waals surface area (Å²) < 4.78 is 0. The largest absolute Gasteiger partial charge is 0.348 e. The molecular formula is C18H18N6O2. The second-order valence-electron chi connectivity index (χ2n) is 6.36. The van der Waals surface area contributed by atoms with E-state index in [-0.39, 0.29) is 11.7 Å². The van der Waals surface area contributed by atoms with Crippen LogP contribution in [-0.4, -0.2) is 31.6 Å². The van der Waals surface area contributed by atoms with E-state index in [1.165, 1.54) is 12.1 Å². The van der Waals surface area contributed by atoms with Crippen molar-refractivity contribution >= 4 is 11.5 Å². The minimum Gasteiger partial charge on any atom is -0.348 e. The first-order chi connectivity index (χ1) is 12.6. The number of hydrogen-bond donors (Lipinski definition) is 1. The Hall–Kier alpha value is -3.29. The lowest BCUT2D eigenvalue weighted by atomic mass is 10.1. The number of nitrogens with one attached hydrogen (secondary N) is 1. The number of nitro groups is 1. The topological polar surface area (TPSA) is 101 Å². The number of benzene rings is 1. The molecule has 1 aromatic carbocycles. The molecule has 1 fully saturated rings. The third-order valence-corrected chi connectivity index (χ3v) is 4.58. The van der Waals surface area contributed by atoms with E-state index in [1.807, 2.05) is 19.1 Å². The quantitative estimate of drug-likeness (QED) is 0.571. The van der Waals surface area contributed by atoms with Crippen molar-refractivity contribution in [1.82, 2.24) is 20.2 Å². The second kappa shape index (κ2) is 6.55. The highest BCUT2D eigenvalue weighted by atomic mass is 16.6. The van der Waals surface area contributed by atoms with Gasteiger partial charge in [0.1, 0.15) is 5.82 Å². The predicted molar refractivity (Wildman–Crippen MR) is 96.8 cm³/mol. The van der Waals surface area contributed by atoms with Gasteiger partial charge in [-0.1, -0.05) is 12.1 Å². The fourth-order valence-electron chi connectivity index (χ4n) is 3.40. The smallest absolute Gasteiger partial charge is 0.270 e. The average molecular weight is 350 g/mol. The third-order valence-electron chi connectivity index (χ3n) is 4.58. The van der Waals surface area contributed by atoms with Gasteiger partial charge in [-0.2, -0.15) is 5.10 Å². The van der Waals surface area contributed by atoms with Gasteiger partial charge in [0.05, 0.1) is 16.7 Å². The standard InChI is InChI=1S/C18H18N6O2/c1-12-10-17(23-9-3-6-16(23)15-7-8-19-22-15)21-18(20-12)13-4-2-5-14(11-13)24(25)26/h2,4-5,7-8,10-11,16H,3,6,9H2,1H3,(H,19,22). The Morgan fingerprint density at radius 1 is 1.27 bits per heavy atom. The Kier molecular flexibility index (Phi) is 4.08. The van der Waals surface area contributed by atoms with E-state index < -0.39 is 4.92 Å². The van der Waals surface area contributed by atoms with Crippen molar-refractivity contribution in [3.63, 3.8) is 0 Å². The first kappa shape index (κ1) is 16.2. The van der Waals surface area contributed by atoms with Crippen molar-refractivity contribution in [2.45, 2.75) is 25.8 Å². The van der Waals surface area contributed by atoms with Crippen molar-refractivity contribution < 1.29 is 4.92 Å². The molecule has 1 aliphatic heterocycles. The summed E-state index contributed by atoms with van der Waals surface area (Å²) in [7, 11) is 0. The summed E-state index contributed by atoms with van der Waals surface area (Å²) in [6, 6.07) is 10.6. The Bertz CT molecular complexity index is 941. The van der Waals surface area contributed by atoms with Gasteiger partial charge in [0.25, 0.3) is 5.69 Å². The van der Waals surface area contributed by atoms with Crippen LogP contribution in [0.15, 0.2) is 42.6 Å². The summed E-state index contributed by atoms with van der Waals surface area (Å²) in [6.45, 7) is 2.81. The lowest BCUT2D eigenvalue weighted by Crippen LogP contribution is -2.24. The molecular weight excluding hydrogens is 332 g/mol. The van der Waals surface area contributed by atoms with Crippen molar-refractivity contribution in [3.05, 3.63) is 64.1 Å². The van der Waals surface area contributed by atoms with Crippen molar-refractivity contribution in [3.8, 4) is 11.4 Å². The summed E-state index contributed by atoms with van der Waals surface area (Å²) in [6.07, 6.45) is 3.85. The van der Waals surface area contributed by atoms with E-state index in [0.717, 1.165) is 36.6 Å². The van der Waals surface area contributed by atoms with Gasteiger partial charge in [0.15, 0.2) is 5.82 Å². The number of aromatic nitrogens is 4. The minimum absolute atomic E-state index is 0.0330. The van der Waals surface area contributed by atoms with E-state index in [2.05, 4.69) is 20.1 Å². The van der Waals surface area contributed by atoms with Gasteiger partial charge in [0, 0.05) is 42.2 Å². The zero-order valence-corrected chi connectivity index (χ0v) is 14.3. The van der Waals surface area contributed by atoms with Crippen LogP contribution in [0.1, 0.15) is 30.3 Å². The fourth-order valence-corrected chi connectivity index (χ4v) is 3.40. The molecule has 1 N–H and O–H groups in total. The van der Waals surface area contributed by atoms with E-state index in [4.69, 9.17) is 4.98 Å². The Morgan fingerprint density at radius 3 is 2.92 bits per heavy atom. The molecule has 2 aromatic heterocycles. The monoisotopic (exact) mass is 350 g/mol. The van der Waals surface area contributed by atoms with Crippen LogP contribution < -0.4 is 4.90 Å². The van der Waals surface area contributed by atoms with Crippen LogP contribution in [0.2, 0.25) is 0 Å². The maximum absolute atomic E-state index is 11.0. The summed E-state index contributed by atoms with van der Waals surface area (Å²) in [5, 5.41) is 18.2. The normalized spacial score (nSPS) is 16.8. The van der Waals surface area contributed by atoms with E-state index in [1.54, 1.807) is 18.3 Å². The summed E-state index contributed by atoms with van der Waals surface area (Å²) in [5.41, 5.74) is 2.56. The Labute approximate surface area is 150 Å². The lowest BCUT2D eigenvalue weighted by Gasteiger charge is -2.25. The van der Waals surface area contributed by atoms with Gasteiger partial charge >= 0.3 is 0 Å². The van der Waals surface area contributed by atoms with E-state index >= 15 is 0 Å². The summed E-state index contributed by atoms with van der Waals surface area (Å²) in [4.78, 5) is 22.1. The number of nitro benzene ring substituents is 1. The molecule has 132 valence electrons. The summed E-state index contributed by atoms with van der Waals surface area (Å²) >= 11 is 0. The zero-order chi connectivity index (χ0) is 18.1. The predicted octanol–water partition coefficient (Wildman–Crippen LogP) is 3.42. The highest BCUT2D eigenvalue weighted by molar-refractivity contribution is 5.61. The maximum Gasteiger partial charge on any atom is 0.270 e. The highest BCUT2D eigenvalue weighted by Crippen LogP contribution is 2.35. The lowest BCUT2D eigenvalue weighted by molar-refractivity contribution is -0.384. The van der Waals surface area contributed by atoms with E-state index in [0.29, 0.717) is 11.4 Å². The molecule has 4 rings (SSSR count). The molecule has 8 nitrogen and oxygen atoms in total. The van der Waals surface area contributed by atoms with Crippen LogP contribution >= 0.6 is 0 Å². The SMILES string of the molecule is Cc1cc(N2CCCC2c2ccn[nH]2)nc(-c2cccc([N+](=O)[O-])c2)n1. The Balaban J connectivity index is 1.73. The van der Waals surface area contributed by atoms with Crippen molar-refractivity contribution in [1.29, 1.82) is 0 Å². The fraction of sp³-hybridized carbons (Fsp3) is 0.278. The molecule has 0 spiro atoms. The average Bonchev–Trinajstić information content (AvgIpc) is 3.32. The first-order valence-electron chi connectivity index (χ1n) is 8.48.